The number of hydrogen-bond donors (Lipinski definition) is 1. The van der Waals surface area contributed by atoms with Gasteiger partial charge in [0.1, 0.15) is 5.82 Å². The zero-order valence-corrected chi connectivity index (χ0v) is 14.1. The first-order chi connectivity index (χ1) is 12.2. The van der Waals surface area contributed by atoms with Gasteiger partial charge >= 0.3 is 0 Å². The summed E-state index contributed by atoms with van der Waals surface area (Å²) in [6.45, 7) is 1.75. The molecule has 1 aliphatic heterocycles. The predicted octanol–water partition coefficient (Wildman–Crippen LogP) is 2.39. The van der Waals surface area contributed by atoms with Gasteiger partial charge in [0.15, 0.2) is 18.1 Å². The Kier molecular flexibility index (Phi) is 5.50. The fraction of sp³-hybridized carbons (Fsp3) is 0.316. The number of halogens is 1. The molecule has 0 bridgehead atoms. The number of benzene rings is 2. The van der Waals surface area contributed by atoms with E-state index >= 15 is 0 Å². The number of hydrogen-bond acceptors (Lipinski definition) is 4. The van der Waals surface area contributed by atoms with E-state index in [0.717, 1.165) is 5.56 Å². The number of ether oxygens (including phenoxy) is 2. The van der Waals surface area contributed by atoms with Crippen LogP contribution in [0.2, 0.25) is 0 Å². The van der Waals surface area contributed by atoms with Gasteiger partial charge in [-0.15, -0.1) is 0 Å². The topological polar surface area (TPSA) is 50.8 Å². The Balaban J connectivity index is 1.71. The lowest BCUT2D eigenvalue weighted by Gasteiger charge is -2.36. The Hall–Kier alpha value is -2.60. The standard InChI is InChI=1S/C19H21FN2O3/c1-24-17-7-2-3-8-18(17)25-13-19(23)22-10-9-21-12-16(22)14-5-4-6-15(20)11-14/h2-8,11,16,21H,9-10,12-13H2,1H3. The van der Waals surface area contributed by atoms with Gasteiger partial charge in [-0.1, -0.05) is 24.3 Å². The minimum absolute atomic E-state index is 0.0911. The zero-order chi connectivity index (χ0) is 17.6. The van der Waals surface area contributed by atoms with Crippen LogP contribution < -0.4 is 14.8 Å². The van der Waals surface area contributed by atoms with Gasteiger partial charge in [0, 0.05) is 19.6 Å². The first-order valence-electron chi connectivity index (χ1n) is 8.20. The monoisotopic (exact) mass is 344 g/mol. The van der Waals surface area contributed by atoms with Crippen LogP contribution in [0.4, 0.5) is 4.39 Å². The summed E-state index contributed by atoms with van der Waals surface area (Å²) in [6, 6.07) is 13.4. The lowest BCUT2D eigenvalue weighted by Crippen LogP contribution is -2.50. The number of piperazine rings is 1. The molecule has 1 heterocycles. The van der Waals surface area contributed by atoms with Crippen molar-refractivity contribution in [2.24, 2.45) is 0 Å². The number of para-hydroxylation sites is 2. The van der Waals surface area contributed by atoms with Crippen molar-refractivity contribution < 1.29 is 18.7 Å². The summed E-state index contributed by atoms with van der Waals surface area (Å²) >= 11 is 0. The van der Waals surface area contributed by atoms with Crippen LogP contribution in [0.1, 0.15) is 11.6 Å². The molecule has 1 atom stereocenters. The van der Waals surface area contributed by atoms with E-state index in [4.69, 9.17) is 9.47 Å². The van der Waals surface area contributed by atoms with Gasteiger partial charge < -0.3 is 19.7 Å². The highest BCUT2D eigenvalue weighted by Gasteiger charge is 2.28. The van der Waals surface area contributed by atoms with Crippen LogP contribution in [0.5, 0.6) is 11.5 Å². The molecular weight excluding hydrogens is 323 g/mol. The minimum atomic E-state index is -0.305. The number of nitrogens with one attached hydrogen (secondary N) is 1. The van der Waals surface area contributed by atoms with E-state index < -0.39 is 0 Å². The Bertz CT molecular complexity index is 738. The normalized spacial score (nSPS) is 17.2. The third kappa shape index (κ3) is 4.09. The molecule has 5 nitrogen and oxygen atoms in total. The number of carbonyl (C=O) groups is 1. The zero-order valence-electron chi connectivity index (χ0n) is 14.1. The van der Waals surface area contributed by atoms with Crippen LogP contribution in [0.3, 0.4) is 0 Å². The second-order valence-corrected chi connectivity index (χ2v) is 5.80. The Morgan fingerprint density at radius 3 is 2.80 bits per heavy atom. The minimum Gasteiger partial charge on any atom is -0.493 e. The third-order valence-corrected chi connectivity index (χ3v) is 4.22. The van der Waals surface area contributed by atoms with Gasteiger partial charge in [-0.25, -0.2) is 4.39 Å². The number of carbonyl (C=O) groups excluding carboxylic acids is 1. The molecule has 2 aromatic carbocycles. The second kappa shape index (κ2) is 7.98. The molecule has 25 heavy (non-hydrogen) atoms. The summed E-state index contributed by atoms with van der Waals surface area (Å²) in [5, 5.41) is 3.25. The van der Waals surface area contributed by atoms with E-state index in [0.29, 0.717) is 31.1 Å². The van der Waals surface area contributed by atoms with E-state index in [2.05, 4.69) is 5.32 Å². The molecule has 1 aliphatic rings. The summed E-state index contributed by atoms with van der Waals surface area (Å²) < 4.78 is 24.4. The fourth-order valence-electron chi connectivity index (χ4n) is 2.97. The number of amides is 1. The van der Waals surface area contributed by atoms with Crippen LogP contribution >= 0.6 is 0 Å². The molecule has 0 aromatic heterocycles. The van der Waals surface area contributed by atoms with Crippen molar-refractivity contribution in [1.29, 1.82) is 0 Å². The smallest absolute Gasteiger partial charge is 0.261 e. The molecule has 1 unspecified atom stereocenters. The van der Waals surface area contributed by atoms with Crippen molar-refractivity contribution >= 4 is 5.91 Å². The highest BCUT2D eigenvalue weighted by molar-refractivity contribution is 5.78. The average molecular weight is 344 g/mol. The van der Waals surface area contributed by atoms with Crippen molar-refractivity contribution in [3.8, 4) is 11.5 Å². The summed E-state index contributed by atoms with van der Waals surface area (Å²) in [5.74, 6) is 0.662. The highest BCUT2D eigenvalue weighted by atomic mass is 19.1. The molecule has 0 radical (unpaired) electrons. The Morgan fingerprint density at radius 1 is 1.24 bits per heavy atom. The summed E-state index contributed by atoms with van der Waals surface area (Å²) in [5.41, 5.74) is 0.776. The molecule has 132 valence electrons. The second-order valence-electron chi connectivity index (χ2n) is 5.80. The number of rotatable bonds is 5. The van der Waals surface area contributed by atoms with Crippen molar-refractivity contribution in [3.05, 3.63) is 59.9 Å². The molecule has 0 aliphatic carbocycles. The van der Waals surface area contributed by atoms with E-state index in [1.807, 2.05) is 18.2 Å². The Labute approximate surface area is 146 Å². The fourth-order valence-corrected chi connectivity index (χ4v) is 2.97. The lowest BCUT2D eigenvalue weighted by atomic mass is 10.0. The number of nitrogens with zero attached hydrogens (tertiary/aromatic N) is 1. The molecule has 3 rings (SSSR count). The summed E-state index contributed by atoms with van der Waals surface area (Å²) in [6.07, 6.45) is 0. The molecule has 1 N–H and O–H groups in total. The maximum atomic E-state index is 13.5. The highest BCUT2D eigenvalue weighted by Crippen LogP contribution is 2.27. The average Bonchev–Trinajstić information content (AvgIpc) is 2.66. The van der Waals surface area contributed by atoms with Gasteiger partial charge in [0.05, 0.1) is 13.2 Å². The van der Waals surface area contributed by atoms with Crippen molar-refractivity contribution in [2.45, 2.75) is 6.04 Å². The lowest BCUT2D eigenvalue weighted by molar-refractivity contribution is -0.136. The van der Waals surface area contributed by atoms with Gasteiger partial charge in [0.2, 0.25) is 0 Å². The predicted molar refractivity (Wildman–Crippen MR) is 92.2 cm³/mol. The molecule has 1 amide bonds. The van der Waals surface area contributed by atoms with Crippen molar-refractivity contribution in [2.75, 3.05) is 33.4 Å². The third-order valence-electron chi connectivity index (χ3n) is 4.22. The largest absolute Gasteiger partial charge is 0.493 e. The van der Waals surface area contributed by atoms with Gasteiger partial charge in [-0.05, 0) is 29.8 Å². The van der Waals surface area contributed by atoms with Crippen molar-refractivity contribution in [1.82, 2.24) is 10.2 Å². The van der Waals surface area contributed by atoms with Gasteiger partial charge in [-0.2, -0.15) is 0 Å². The van der Waals surface area contributed by atoms with E-state index in [-0.39, 0.29) is 24.4 Å². The maximum absolute atomic E-state index is 13.5. The first kappa shape index (κ1) is 17.2. The van der Waals surface area contributed by atoms with Crippen LogP contribution in [0.15, 0.2) is 48.5 Å². The molecular formula is C19H21FN2O3. The van der Waals surface area contributed by atoms with E-state index in [1.54, 1.807) is 30.2 Å². The Morgan fingerprint density at radius 2 is 2.04 bits per heavy atom. The molecule has 0 spiro atoms. The summed E-state index contributed by atoms with van der Waals surface area (Å²) in [7, 11) is 1.56. The molecule has 2 aromatic rings. The van der Waals surface area contributed by atoms with Crippen molar-refractivity contribution in [3.63, 3.8) is 0 Å². The molecule has 1 fully saturated rings. The van der Waals surface area contributed by atoms with E-state index in [1.165, 1.54) is 12.1 Å². The van der Waals surface area contributed by atoms with Crippen LogP contribution in [-0.2, 0) is 4.79 Å². The van der Waals surface area contributed by atoms with Crippen LogP contribution in [0.25, 0.3) is 0 Å². The number of methoxy groups -OCH3 is 1. The first-order valence-corrected chi connectivity index (χ1v) is 8.20. The molecule has 6 heteroatoms. The van der Waals surface area contributed by atoms with Crippen LogP contribution in [-0.4, -0.2) is 44.2 Å². The summed E-state index contributed by atoms with van der Waals surface area (Å²) in [4.78, 5) is 14.4. The molecule has 1 saturated heterocycles. The van der Waals surface area contributed by atoms with Gasteiger partial charge in [-0.3, -0.25) is 4.79 Å². The van der Waals surface area contributed by atoms with E-state index in [9.17, 15) is 9.18 Å². The maximum Gasteiger partial charge on any atom is 0.261 e. The van der Waals surface area contributed by atoms with Gasteiger partial charge in [0.25, 0.3) is 5.91 Å². The van der Waals surface area contributed by atoms with Crippen LogP contribution in [0, 0.1) is 5.82 Å². The quantitative estimate of drug-likeness (QED) is 0.905. The SMILES string of the molecule is COc1ccccc1OCC(=O)N1CCNCC1c1cccc(F)c1. The molecule has 0 saturated carbocycles.